The number of nitrogens with zero attached hydrogens (tertiary/aromatic N) is 1. The molecule has 0 aliphatic heterocycles. The second-order valence-electron chi connectivity index (χ2n) is 5.14. The minimum Gasteiger partial charge on any atom is -0.480 e. The molecule has 0 bridgehead atoms. The van der Waals surface area contributed by atoms with Gasteiger partial charge in [0.05, 0.1) is 10.5 Å². The molecule has 1 unspecified atom stereocenters. The lowest BCUT2D eigenvalue weighted by Crippen LogP contribution is -2.10. The van der Waals surface area contributed by atoms with Crippen molar-refractivity contribution in [1.82, 2.24) is 4.98 Å². The minimum atomic E-state index is -0.959. The first-order chi connectivity index (χ1) is 11.6. The second kappa shape index (κ2) is 6.05. The van der Waals surface area contributed by atoms with Crippen LogP contribution in [0.2, 0.25) is 4.34 Å². The number of carbonyl (C=O) groups is 1. The van der Waals surface area contributed by atoms with Crippen LogP contribution in [0.25, 0.3) is 20.5 Å². The van der Waals surface area contributed by atoms with E-state index in [1.165, 1.54) is 35.3 Å². The zero-order valence-electron chi connectivity index (χ0n) is 12.1. The number of carboxylic acid groups (broad SMARTS) is 1. The van der Waals surface area contributed by atoms with Gasteiger partial charge in [-0.3, -0.25) is 4.79 Å². The monoisotopic (exact) mass is 375 g/mol. The van der Waals surface area contributed by atoms with Crippen molar-refractivity contribution >= 4 is 50.3 Å². The number of benzene rings is 1. The van der Waals surface area contributed by atoms with Gasteiger partial charge in [0.2, 0.25) is 0 Å². The molecule has 1 N–H and O–H groups in total. The largest absolute Gasteiger partial charge is 0.480 e. The van der Waals surface area contributed by atoms with Crippen LogP contribution in [0.3, 0.4) is 0 Å². The highest BCUT2D eigenvalue weighted by atomic mass is 35.5. The molecule has 0 saturated carbocycles. The Morgan fingerprint density at radius 3 is 2.79 bits per heavy atom. The lowest BCUT2D eigenvalue weighted by molar-refractivity contribution is -0.138. The highest BCUT2D eigenvalue weighted by Crippen LogP contribution is 2.41. The molecule has 7 heteroatoms. The summed E-state index contributed by atoms with van der Waals surface area (Å²) < 4.78 is 6.98. The number of halogens is 1. The van der Waals surface area contributed by atoms with Gasteiger partial charge in [-0.05, 0) is 24.3 Å². The molecule has 0 amide bonds. The van der Waals surface area contributed by atoms with Crippen LogP contribution in [0.5, 0.6) is 0 Å². The standard InChI is InChI=1S/C17H10ClNO3S2/c18-15-5-4-13(24-15)9-2-1-3-12-10(9)6-14(23-12)16(17(20)21)11-7-19-8-22-11/h1-8,16H,(H,20,21). The van der Waals surface area contributed by atoms with Gasteiger partial charge in [-0.2, -0.15) is 0 Å². The highest BCUT2D eigenvalue weighted by Gasteiger charge is 2.27. The van der Waals surface area contributed by atoms with Crippen LogP contribution in [0.15, 0.2) is 53.4 Å². The summed E-state index contributed by atoms with van der Waals surface area (Å²) in [6.07, 6.45) is 2.70. The average Bonchev–Trinajstić information content (AvgIpc) is 3.26. The van der Waals surface area contributed by atoms with Crippen molar-refractivity contribution < 1.29 is 14.3 Å². The molecule has 0 spiro atoms. The predicted octanol–water partition coefficient (Wildman–Crippen LogP) is 5.49. The fourth-order valence-corrected chi connectivity index (χ4v) is 4.92. The Labute approximate surface area is 150 Å². The van der Waals surface area contributed by atoms with Crippen molar-refractivity contribution in [2.75, 3.05) is 0 Å². The predicted molar refractivity (Wildman–Crippen MR) is 96.1 cm³/mol. The lowest BCUT2D eigenvalue weighted by Gasteiger charge is -2.05. The molecule has 1 atom stereocenters. The topological polar surface area (TPSA) is 63.3 Å². The normalized spacial score (nSPS) is 12.5. The van der Waals surface area contributed by atoms with Crippen LogP contribution in [0.4, 0.5) is 0 Å². The number of thiophene rings is 2. The molecule has 0 radical (unpaired) electrons. The Hall–Kier alpha value is -2.15. The highest BCUT2D eigenvalue weighted by molar-refractivity contribution is 7.20. The summed E-state index contributed by atoms with van der Waals surface area (Å²) >= 11 is 9.00. The Bertz CT molecular complexity index is 1020. The van der Waals surface area contributed by atoms with Crippen LogP contribution >= 0.6 is 34.3 Å². The Morgan fingerprint density at radius 1 is 1.25 bits per heavy atom. The number of hydrogen-bond acceptors (Lipinski definition) is 5. The van der Waals surface area contributed by atoms with Crippen LogP contribution in [0, 0.1) is 0 Å². The van der Waals surface area contributed by atoms with Gasteiger partial charge in [0.25, 0.3) is 0 Å². The Morgan fingerprint density at radius 2 is 2.12 bits per heavy atom. The van der Waals surface area contributed by atoms with E-state index in [4.69, 9.17) is 16.0 Å². The van der Waals surface area contributed by atoms with Crippen molar-refractivity contribution in [2.24, 2.45) is 0 Å². The number of oxazole rings is 1. The van der Waals surface area contributed by atoms with E-state index in [2.05, 4.69) is 4.98 Å². The molecule has 4 nitrogen and oxygen atoms in total. The van der Waals surface area contributed by atoms with Crippen molar-refractivity contribution in [3.05, 3.63) is 64.0 Å². The van der Waals surface area contributed by atoms with Gasteiger partial charge in [-0.1, -0.05) is 23.7 Å². The van der Waals surface area contributed by atoms with Crippen molar-refractivity contribution in [1.29, 1.82) is 0 Å². The minimum absolute atomic E-state index is 0.328. The SMILES string of the molecule is O=C(O)C(c1cnco1)c1cc2c(-c3ccc(Cl)s3)cccc2s1. The summed E-state index contributed by atoms with van der Waals surface area (Å²) in [5.74, 6) is -1.49. The summed E-state index contributed by atoms with van der Waals surface area (Å²) in [5, 5.41) is 10.6. The van der Waals surface area contributed by atoms with Gasteiger partial charge >= 0.3 is 5.97 Å². The smallest absolute Gasteiger partial charge is 0.319 e. The molecule has 3 heterocycles. The quantitative estimate of drug-likeness (QED) is 0.512. The number of fused-ring (bicyclic) bond motifs is 1. The van der Waals surface area contributed by atoms with E-state index in [0.717, 1.165) is 24.9 Å². The molecular weight excluding hydrogens is 366 g/mol. The van der Waals surface area contributed by atoms with Crippen molar-refractivity contribution in [3.63, 3.8) is 0 Å². The fourth-order valence-electron chi connectivity index (χ4n) is 2.65. The van der Waals surface area contributed by atoms with Gasteiger partial charge in [-0.15, -0.1) is 22.7 Å². The number of aromatic nitrogens is 1. The van der Waals surface area contributed by atoms with Gasteiger partial charge < -0.3 is 9.52 Å². The molecule has 0 aliphatic carbocycles. The van der Waals surface area contributed by atoms with Gasteiger partial charge in [-0.25, -0.2) is 4.98 Å². The van der Waals surface area contributed by atoms with Gasteiger partial charge in [0.15, 0.2) is 12.3 Å². The van der Waals surface area contributed by atoms with E-state index < -0.39 is 11.9 Å². The fraction of sp³-hybridized carbons (Fsp3) is 0.0588. The summed E-state index contributed by atoms with van der Waals surface area (Å²) in [4.78, 5) is 17.3. The first-order valence-corrected chi connectivity index (χ1v) is 9.04. The van der Waals surface area contributed by atoms with E-state index in [9.17, 15) is 9.90 Å². The summed E-state index contributed by atoms with van der Waals surface area (Å²) in [5.41, 5.74) is 1.05. The molecule has 0 aliphatic rings. The first-order valence-electron chi connectivity index (χ1n) is 7.03. The van der Waals surface area contributed by atoms with Gasteiger partial charge in [0, 0.05) is 25.4 Å². The van der Waals surface area contributed by atoms with Crippen LogP contribution in [-0.4, -0.2) is 16.1 Å². The summed E-state index contributed by atoms with van der Waals surface area (Å²) in [6.45, 7) is 0. The number of carboxylic acids is 1. The third kappa shape index (κ3) is 2.62. The van der Waals surface area contributed by atoms with E-state index in [1.807, 2.05) is 36.4 Å². The Balaban J connectivity index is 1.88. The molecule has 3 aromatic heterocycles. The molecule has 4 rings (SSSR count). The molecule has 24 heavy (non-hydrogen) atoms. The third-order valence-electron chi connectivity index (χ3n) is 3.69. The number of aliphatic carboxylic acids is 1. The average molecular weight is 376 g/mol. The van der Waals surface area contributed by atoms with Crippen LogP contribution in [0.1, 0.15) is 16.6 Å². The maximum absolute atomic E-state index is 11.7. The van der Waals surface area contributed by atoms with Gasteiger partial charge in [0.1, 0.15) is 5.76 Å². The van der Waals surface area contributed by atoms with E-state index in [1.54, 1.807) is 0 Å². The van der Waals surface area contributed by atoms with E-state index in [0.29, 0.717) is 10.6 Å². The van der Waals surface area contributed by atoms with Crippen LogP contribution in [-0.2, 0) is 4.79 Å². The van der Waals surface area contributed by atoms with E-state index in [-0.39, 0.29) is 0 Å². The number of hydrogen-bond donors (Lipinski definition) is 1. The molecule has 4 aromatic rings. The number of rotatable bonds is 4. The summed E-state index contributed by atoms with van der Waals surface area (Å²) in [7, 11) is 0. The lowest BCUT2D eigenvalue weighted by atomic mass is 10.0. The van der Waals surface area contributed by atoms with Crippen LogP contribution < -0.4 is 0 Å². The first kappa shape index (κ1) is 15.4. The Kier molecular flexibility index (Phi) is 3.88. The summed E-state index contributed by atoms with van der Waals surface area (Å²) in [6, 6.07) is 11.7. The van der Waals surface area contributed by atoms with Crippen molar-refractivity contribution in [3.8, 4) is 10.4 Å². The maximum Gasteiger partial charge on any atom is 0.319 e. The van der Waals surface area contributed by atoms with Crippen molar-refractivity contribution in [2.45, 2.75) is 5.92 Å². The molecule has 0 fully saturated rings. The zero-order valence-corrected chi connectivity index (χ0v) is 14.5. The second-order valence-corrected chi connectivity index (χ2v) is 7.98. The third-order valence-corrected chi connectivity index (χ3v) is 6.12. The molecule has 0 saturated heterocycles. The zero-order chi connectivity index (χ0) is 16.7. The molecular formula is C17H10ClNO3S2. The van der Waals surface area contributed by atoms with E-state index >= 15 is 0 Å². The maximum atomic E-state index is 11.7. The molecule has 120 valence electrons. The molecule has 1 aromatic carbocycles.